The molecule has 1 aromatic carbocycles. The number of anilines is 2. The van der Waals surface area contributed by atoms with Gasteiger partial charge in [-0.25, -0.2) is 0 Å². The highest BCUT2D eigenvalue weighted by Crippen LogP contribution is 2.34. The summed E-state index contributed by atoms with van der Waals surface area (Å²) in [4.78, 5) is 25.1. The van der Waals surface area contributed by atoms with Crippen LogP contribution in [0.4, 0.5) is 11.4 Å². The van der Waals surface area contributed by atoms with Gasteiger partial charge in [-0.05, 0) is 44.3 Å². The van der Waals surface area contributed by atoms with E-state index in [0.717, 1.165) is 0 Å². The van der Waals surface area contributed by atoms with E-state index in [4.69, 9.17) is 17.0 Å². The van der Waals surface area contributed by atoms with E-state index in [9.17, 15) is 9.59 Å². The van der Waals surface area contributed by atoms with Crippen molar-refractivity contribution in [2.75, 3.05) is 10.2 Å². The lowest BCUT2D eigenvalue weighted by molar-refractivity contribution is -0.122. The van der Waals surface area contributed by atoms with Gasteiger partial charge in [0.2, 0.25) is 0 Å². The lowest BCUT2D eigenvalue weighted by Crippen LogP contribution is -2.35. The number of thiocarbonyl (C=S) groups is 1. The van der Waals surface area contributed by atoms with Crippen molar-refractivity contribution in [2.45, 2.75) is 26.0 Å². The maximum Gasteiger partial charge on any atom is 0.265 e. The minimum atomic E-state index is -0.524. The second-order valence-corrected chi connectivity index (χ2v) is 5.16. The third kappa shape index (κ3) is 1.90. The van der Waals surface area contributed by atoms with E-state index in [2.05, 4.69) is 10.6 Å². The summed E-state index contributed by atoms with van der Waals surface area (Å²) in [7, 11) is 0. The molecule has 0 radical (unpaired) electrons. The van der Waals surface area contributed by atoms with Crippen LogP contribution in [-0.4, -0.2) is 29.1 Å². The van der Waals surface area contributed by atoms with Gasteiger partial charge in [0.25, 0.3) is 11.8 Å². The normalized spacial score (nSPS) is 24.9. The lowest BCUT2D eigenvalue weighted by Gasteiger charge is -2.25. The van der Waals surface area contributed by atoms with Gasteiger partial charge in [-0.1, -0.05) is 0 Å². The van der Waals surface area contributed by atoms with Crippen molar-refractivity contribution in [2.24, 2.45) is 0 Å². The molecule has 0 saturated carbocycles. The molecule has 2 N–H and O–H groups in total. The third-order valence-corrected chi connectivity index (χ3v) is 3.59. The molecule has 2 heterocycles. The Morgan fingerprint density at radius 1 is 1.30 bits per heavy atom. The number of hydrogen-bond acceptors (Lipinski definition) is 4. The maximum atomic E-state index is 12.1. The fourth-order valence-electron chi connectivity index (χ4n) is 2.19. The number of rotatable bonds is 1. The first-order valence-electron chi connectivity index (χ1n) is 6.23. The number of hydrogen-bond donors (Lipinski definition) is 2. The smallest absolute Gasteiger partial charge is 0.265 e. The first-order chi connectivity index (χ1) is 9.47. The molecule has 7 heteroatoms. The van der Waals surface area contributed by atoms with Crippen LogP contribution in [0, 0.1) is 0 Å². The first-order valence-corrected chi connectivity index (χ1v) is 6.64. The molecule has 2 atom stereocenters. The van der Waals surface area contributed by atoms with Gasteiger partial charge in [-0.2, -0.15) is 0 Å². The number of nitrogens with zero attached hydrogens (tertiary/aromatic N) is 1. The van der Waals surface area contributed by atoms with Gasteiger partial charge in [0.1, 0.15) is 11.8 Å². The van der Waals surface area contributed by atoms with Crippen molar-refractivity contribution in [3.05, 3.63) is 18.2 Å². The molecule has 2 amide bonds. The van der Waals surface area contributed by atoms with Crippen molar-refractivity contribution in [1.29, 1.82) is 0 Å². The molecule has 2 aliphatic rings. The van der Waals surface area contributed by atoms with Crippen molar-refractivity contribution in [3.63, 3.8) is 0 Å². The molecule has 2 unspecified atom stereocenters. The summed E-state index contributed by atoms with van der Waals surface area (Å²) in [5.74, 6) is 0.252. The Morgan fingerprint density at radius 3 is 2.70 bits per heavy atom. The quantitative estimate of drug-likeness (QED) is 0.756. The Morgan fingerprint density at radius 2 is 2.05 bits per heavy atom. The summed E-state index contributed by atoms with van der Waals surface area (Å²) in [5, 5.41) is 6.01. The molecule has 2 aliphatic heterocycles. The molecule has 1 aromatic rings. The summed E-state index contributed by atoms with van der Waals surface area (Å²) < 4.78 is 5.47. The Kier molecular flexibility index (Phi) is 2.86. The molecule has 0 aromatic heterocycles. The van der Waals surface area contributed by atoms with Crippen molar-refractivity contribution >= 4 is 40.5 Å². The number of ether oxygens (including phenoxy) is 1. The second-order valence-electron chi connectivity index (χ2n) is 4.77. The summed E-state index contributed by atoms with van der Waals surface area (Å²) in [6.45, 7) is 3.43. The van der Waals surface area contributed by atoms with Crippen molar-refractivity contribution in [3.8, 4) is 5.75 Å². The molecule has 0 spiro atoms. The molecular formula is C13H13N3O3S. The van der Waals surface area contributed by atoms with E-state index in [-0.39, 0.29) is 17.9 Å². The minimum Gasteiger partial charge on any atom is -0.479 e. The molecule has 6 nitrogen and oxygen atoms in total. The van der Waals surface area contributed by atoms with Crippen LogP contribution in [0.2, 0.25) is 0 Å². The largest absolute Gasteiger partial charge is 0.479 e. The topological polar surface area (TPSA) is 70.7 Å². The van der Waals surface area contributed by atoms with Gasteiger partial charge < -0.3 is 15.4 Å². The third-order valence-electron chi connectivity index (χ3n) is 3.29. The number of carbonyl (C=O) groups excluding carboxylic acids is 2. The van der Waals surface area contributed by atoms with E-state index in [1.165, 1.54) is 4.90 Å². The standard InChI is InChI=1S/C13H13N3O3S/c1-6-12(18)16(13(20)14-6)8-3-4-10-9(5-8)15-11(17)7(2)19-10/h3-7H,1-2H3,(H,14,20)(H,15,17). The van der Waals surface area contributed by atoms with E-state index in [1.807, 2.05) is 0 Å². The lowest BCUT2D eigenvalue weighted by atomic mass is 10.2. The number of fused-ring (bicyclic) bond motifs is 1. The van der Waals surface area contributed by atoms with Crippen LogP contribution >= 0.6 is 12.2 Å². The highest BCUT2D eigenvalue weighted by Gasteiger charge is 2.34. The zero-order valence-corrected chi connectivity index (χ0v) is 11.8. The van der Waals surface area contributed by atoms with Crippen LogP contribution in [0.1, 0.15) is 13.8 Å². The minimum absolute atomic E-state index is 0.119. The van der Waals surface area contributed by atoms with Crippen molar-refractivity contribution < 1.29 is 14.3 Å². The SMILES string of the molecule is CC1NC(=S)N(c2ccc3c(c2)NC(=O)C(C)O3)C1=O. The fraction of sp³-hybridized carbons (Fsp3) is 0.308. The molecule has 0 bridgehead atoms. The van der Waals surface area contributed by atoms with Crippen LogP contribution in [-0.2, 0) is 9.59 Å². The van der Waals surface area contributed by atoms with Gasteiger partial charge in [0.05, 0.1) is 11.4 Å². The van der Waals surface area contributed by atoms with Crippen LogP contribution < -0.4 is 20.3 Å². The highest BCUT2D eigenvalue weighted by molar-refractivity contribution is 7.80. The Hall–Kier alpha value is -2.15. The Labute approximate surface area is 121 Å². The molecule has 3 rings (SSSR count). The van der Waals surface area contributed by atoms with E-state index in [1.54, 1.807) is 32.0 Å². The van der Waals surface area contributed by atoms with Gasteiger partial charge >= 0.3 is 0 Å². The first kappa shape index (κ1) is 12.9. The average Bonchev–Trinajstić information content (AvgIpc) is 2.64. The zero-order valence-electron chi connectivity index (χ0n) is 11.0. The molecule has 20 heavy (non-hydrogen) atoms. The zero-order chi connectivity index (χ0) is 14.4. The molecule has 0 aliphatic carbocycles. The summed E-state index contributed by atoms with van der Waals surface area (Å²) in [6, 6.07) is 4.81. The molecule has 1 fully saturated rings. The van der Waals surface area contributed by atoms with Gasteiger partial charge in [0.15, 0.2) is 11.2 Å². The number of nitrogens with one attached hydrogen (secondary N) is 2. The van der Waals surface area contributed by atoms with Crippen LogP contribution in [0.25, 0.3) is 0 Å². The highest BCUT2D eigenvalue weighted by atomic mass is 32.1. The average molecular weight is 291 g/mol. The molecule has 104 valence electrons. The van der Waals surface area contributed by atoms with Crippen molar-refractivity contribution in [1.82, 2.24) is 5.32 Å². The van der Waals surface area contributed by atoms with E-state index in [0.29, 0.717) is 22.2 Å². The Balaban J connectivity index is 1.97. The number of benzene rings is 1. The van der Waals surface area contributed by atoms with Gasteiger partial charge in [0, 0.05) is 0 Å². The summed E-state index contributed by atoms with van der Waals surface area (Å²) >= 11 is 5.15. The summed E-state index contributed by atoms with van der Waals surface area (Å²) in [6.07, 6.45) is -0.524. The van der Waals surface area contributed by atoms with Crippen LogP contribution in [0.15, 0.2) is 18.2 Å². The molecule has 1 saturated heterocycles. The summed E-state index contributed by atoms with van der Waals surface area (Å²) in [5.41, 5.74) is 1.15. The monoisotopic (exact) mass is 291 g/mol. The second kappa shape index (κ2) is 4.45. The van der Waals surface area contributed by atoms with E-state index < -0.39 is 6.10 Å². The number of carbonyl (C=O) groups is 2. The van der Waals surface area contributed by atoms with E-state index >= 15 is 0 Å². The Bertz CT molecular complexity index is 631. The molecular weight excluding hydrogens is 278 g/mol. The fourth-order valence-corrected chi connectivity index (χ4v) is 2.56. The van der Waals surface area contributed by atoms with Gasteiger partial charge in [-0.3, -0.25) is 14.5 Å². The predicted molar refractivity (Wildman–Crippen MR) is 77.8 cm³/mol. The van der Waals surface area contributed by atoms with Gasteiger partial charge in [-0.15, -0.1) is 0 Å². The number of amides is 2. The van der Waals surface area contributed by atoms with Crippen LogP contribution in [0.3, 0.4) is 0 Å². The maximum absolute atomic E-state index is 12.1. The van der Waals surface area contributed by atoms with Crippen LogP contribution in [0.5, 0.6) is 5.75 Å². The predicted octanol–water partition coefficient (Wildman–Crippen LogP) is 1.02.